The van der Waals surface area contributed by atoms with Crippen LogP contribution in [0.1, 0.15) is 35.9 Å². The lowest BCUT2D eigenvalue weighted by molar-refractivity contribution is -0.148. The number of aryl methyl sites for hydroxylation is 3. The van der Waals surface area contributed by atoms with Crippen LogP contribution in [0.15, 0.2) is 71.4 Å². The lowest BCUT2D eigenvalue weighted by Crippen LogP contribution is -2.48. The number of nitrogens with zero attached hydrogens (tertiary/aromatic N) is 1. The highest BCUT2D eigenvalue weighted by Crippen LogP contribution is 2.28. The molecule has 1 N–H and O–H groups in total. The lowest BCUT2D eigenvalue weighted by atomic mass is 9.82. The van der Waals surface area contributed by atoms with Crippen molar-refractivity contribution in [1.82, 2.24) is 10.5 Å². The molecule has 2 heterocycles. The van der Waals surface area contributed by atoms with E-state index >= 15 is 0 Å². The van der Waals surface area contributed by atoms with Gasteiger partial charge in [0.15, 0.2) is 0 Å². The van der Waals surface area contributed by atoms with Crippen LogP contribution in [0.4, 0.5) is 0 Å². The van der Waals surface area contributed by atoms with Crippen molar-refractivity contribution in [2.75, 3.05) is 7.11 Å². The first kappa shape index (κ1) is 22.8. The normalized spacial score (nSPS) is 18.2. The molecule has 0 saturated carbocycles. The molecule has 0 radical (unpaired) electrons. The van der Waals surface area contributed by atoms with Crippen LogP contribution in [0.5, 0.6) is 0 Å². The molecule has 0 bridgehead atoms. The highest BCUT2D eigenvalue weighted by Gasteiger charge is 2.41. The number of benzene rings is 2. The Morgan fingerprint density at radius 3 is 2.48 bits per heavy atom. The summed E-state index contributed by atoms with van der Waals surface area (Å²) in [6, 6.07) is 18.4. The van der Waals surface area contributed by atoms with Gasteiger partial charge in [-0.3, -0.25) is 4.79 Å². The molecule has 0 fully saturated rings. The molecule has 2 unspecified atom stereocenters. The molecule has 2 aromatic carbocycles. The molecule has 1 aliphatic rings. The van der Waals surface area contributed by atoms with E-state index in [0.29, 0.717) is 12.3 Å². The number of rotatable bonds is 9. The molecule has 3 aromatic rings. The number of aromatic nitrogens is 1. The molecule has 0 aliphatic carbocycles. The molecule has 0 spiro atoms. The third-order valence-corrected chi connectivity index (χ3v) is 6.23. The highest BCUT2D eigenvalue weighted by molar-refractivity contribution is 5.75. The summed E-state index contributed by atoms with van der Waals surface area (Å²) >= 11 is 0. The second kappa shape index (κ2) is 10.0. The summed E-state index contributed by atoms with van der Waals surface area (Å²) in [7, 11) is 1.42. The van der Waals surface area contributed by atoms with Crippen molar-refractivity contribution in [3.05, 3.63) is 89.5 Å². The number of methoxy groups -OCH3 is 1. The summed E-state index contributed by atoms with van der Waals surface area (Å²) in [6.45, 7) is 3.91. The van der Waals surface area contributed by atoms with Crippen LogP contribution < -0.4 is 5.48 Å². The Morgan fingerprint density at radius 1 is 1.09 bits per heavy atom. The first-order valence-corrected chi connectivity index (χ1v) is 11.3. The van der Waals surface area contributed by atoms with Crippen LogP contribution in [-0.2, 0) is 33.6 Å². The molecule has 6 nitrogen and oxygen atoms in total. The van der Waals surface area contributed by atoms with Gasteiger partial charge in [-0.1, -0.05) is 42.5 Å². The van der Waals surface area contributed by atoms with Crippen molar-refractivity contribution >= 4 is 5.97 Å². The predicted octanol–water partition coefficient (Wildman–Crippen LogP) is 4.96. The van der Waals surface area contributed by atoms with E-state index in [9.17, 15) is 4.79 Å². The van der Waals surface area contributed by atoms with Crippen molar-refractivity contribution in [1.29, 1.82) is 0 Å². The Labute approximate surface area is 194 Å². The van der Waals surface area contributed by atoms with Gasteiger partial charge in [-0.15, -0.1) is 5.48 Å². The first-order chi connectivity index (χ1) is 16.0. The van der Waals surface area contributed by atoms with E-state index in [1.54, 1.807) is 6.26 Å². The van der Waals surface area contributed by atoms with Crippen LogP contribution >= 0.6 is 0 Å². The number of carbonyl (C=O) groups excluding carboxylic acids is 1. The molecule has 0 saturated heterocycles. The molecule has 1 aromatic heterocycles. The molecule has 1 aliphatic heterocycles. The Kier molecular flexibility index (Phi) is 6.94. The molecule has 4 rings (SSSR count). The van der Waals surface area contributed by atoms with Crippen molar-refractivity contribution in [2.45, 2.75) is 45.1 Å². The fourth-order valence-electron chi connectivity index (χ4n) is 4.14. The van der Waals surface area contributed by atoms with E-state index in [-0.39, 0.29) is 11.9 Å². The number of hydrogen-bond donors (Lipinski definition) is 1. The number of esters is 1. The minimum absolute atomic E-state index is 0.262. The number of hydroxylamine groups is 1. The average Bonchev–Trinajstić information content (AvgIpc) is 3.45. The summed E-state index contributed by atoms with van der Waals surface area (Å²) in [5.41, 5.74) is 6.66. The van der Waals surface area contributed by atoms with Crippen LogP contribution in [0, 0.1) is 12.8 Å². The fourth-order valence-corrected chi connectivity index (χ4v) is 4.14. The van der Waals surface area contributed by atoms with Gasteiger partial charge in [-0.2, -0.15) is 0 Å². The third kappa shape index (κ3) is 5.34. The lowest BCUT2D eigenvalue weighted by Gasteiger charge is -2.29. The van der Waals surface area contributed by atoms with Crippen LogP contribution in [0.3, 0.4) is 0 Å². The smallest absolute Gasteiger partial charge is 0.311 e. The van der Waals surface area contributed by atoms with Crippen LogP contribution in [-0.4, -0.2) is 23.6 Å². The van der Waals surface area contributed by atoms with Crippen molar-refractivity contribution in [2.24, 2.45) is 5.92 Å². The second-order valence-corrected chi connectivity index (χ2v) is 8.64. The summed E-state index contributed by atoms with van der Waals surface area (Å²) in [5, 5.41) is 0. The van der Waals surface area contributed by atoms with E-state index < -0.39 is 5.54 Å². The van der Waals surface area contributed by atoms with Gasteiger partial charge in [0.1, 0.15) is 12.0 Å². The monoisotopic (exact) mass is 446 g/mol. The standard InChI is InChI=1S/C27H30N2O4/c1-19-24(28-25(33-19)22-9-5-4-6-10-22)11-7-8-20-12-14-21(15-13-20)18-23(26(30)31-3)27(2)16-17-32-29-27/h4-6,9-10,12-17,23,29H,7-8,11,18H2,1-3H3. The van der Waals surface area contributed by atoms with E-state index in [4.69, 9.17) is 19.0 Å². The fraction of sp³-hybridized carbons (Fsp3) is 0.333. The SMILES string of the molecule is COC(=O)C(Cc1ccc(CCCc2nc(-c3ccccc3)oc2C)cc1)C1(C)C=CON1. The number of oxazole rings is 1. The van der Waals surface area contributed by atoms with Gasteiger partial charge in [0.05, 0.1) is 24.3 Å². The zero-order chi connectivity index (χ0) is 23.3. The van der Waals surface area contributed by atoms with Gasteiger partial charge in [0, 0.05) is 5.56 Å². The van der Waals surface area contributed by atoms with E-state index in [1.807, 2.05) is 50.3 Å². The van der Waals surface area contributed by atoms with E-state index in [2.05, 4.69) is 29.7 Å². The van der Waals surface area contributed by atoms with E-state index in [0.717, 1.165) is 41.8 Å². The van der Waals surface area contributed by atoms with Gasteiger partial charge in [0.25, 0.3) is 0 Å². The van der Waals surface area contributed by atoms with Gasteiger partial charge in [-0.05, 0) is 68.9 Å². The molecule has 2 atom stereocenters. The largest absolute Gasteiger partial charge is 0.469 e. The number of ether oxygens (including phenoxy) is 1. The molecule has 0 amide bonds. The van der Waals surface area contributed by atoms with Crippen LogP contribution in [0.2, 0.25) is 0 Å². The zero-order valence-corrected chi connectivity index (χ0v) is 19.3. The Bertz CT molecular complexity index is 1100. The maximum Gasteiger partial charge on any atom is 0.311 e. The Balaban J connectivity index is 1.34. The molecular formula is C27H30N2O4. The molecule has 6 heteroatoms. The number of hydrogen-bond acceptors (Lipinski definition) is 6. The van der Waals surface area contributed by atoms with E-state index in [1.165, 1.54) is 12.7 Å². The zero-order valence-electron chi connectivity index (χ0n) is 19.3. The van der Waals surface area contributed by atoms with Crippen LogP contribution in [0.25, 0.3) is 11.5 Å². The summed E-state index contributed by atoms with van der Waals surface area (Å²) < 4.78 is 10.9. The highest BCUT2D eigenvalue weighted by atomic mass is 16.6. The topological polar surface area (TPSA) is 73.6 Å². The maximum atomic E-state index is 12.4. The van der Waals surface area contributed by atoms with Crippen molar-refractivity contribution < 1.29 is 18.8 Å². The number of nitrogens with one attached hydrogen (secondary N) is 1. The van der Waals surface area contributed by atoms with Crippen molar-refractivity contribution in [3.8, 4) is 11.5 Å². The summed E-state index contributed by atoms with van der Waals surface area (Å²) in [5.74, 6) is 0.909. The Hall–Kier alpha value is -3.38. The van der Waals surface area contributed by atoms with Gasteiger partial charge in [0.2, 0.25) is 5.89 Å². The molecule has 33 heavy (non-hydrogen) atoms. The van der Waals surface area contributed by atoms with Gasteiger partial charge >= 0.3 is 5.97 Å². The Morgan fingerprint density at radius 2 is 1.82 bits per heavy atom. The van der Waals surface area contributed by atoms with Gasteiger partial charge < -0.3 is 14.0 Å². The minimum atomic E-state index is -0.597. The summed E-state index contributed by atoms with van der Waals surface area (Å²) in [6.07, 6.45) is 6.78. The minimum Gasteiger partial charge on any atom is -0.469 e. The summed E-state index contributed by atoms with van der Waals surface area (Å²) in [4.78, 5) is 22.3. The average molecular weight is 447 g/mol. The van der Waals surface area contributed by atoms with Crippen molar-refractivity contribution in [3.63, 3.8) is 0 Å². The quantitative estimate of drug-likeness (QED) is 0.468. The van der Waals surface area contributed by atoms with Gasteiger partial charge in [-0.25, -0.2) is 4.98 Å². The maximum absolute atomic E-state index is 12.4. The molecule has 172 valence electrons. The third-order valence-electron chi connectivity index (χ3n) is 6.23. The first-order valence-electron chi connectivity index (χ1n) is 11.3. The second-order valence-electron chi connectivity index (χ2n) is 8.64. The predicted molar refractivity (Wildman–Crippen MR) is 126 cm³/mol. The number of carbonyl (C=O) groups is 1. The molecular weight excluding hydrogens is 416 g/mol.